The molecule has 1 aliphatic rings. The number of hydrogen-bond acceptors (Lipinski definition) is 4. The van der Waals surface area contributed by atoms with E-state index in [1.807, 2.05) is 0 Å². The second kappa shape index (κ2) is 7.62. The van der Waals surface area contributed by atoms with E-state index in [1.54, 1.807) is 0 Å². The lowest BCUT2D eigenvalue weighted by Crippen LogP contribution is -2.36. The lowest BCUT2D eigenvalue weighted by atomic mass is 9.86. The zero-order valence-corrected chi connectivity index (χ0v) is 14.0. The first-order chi connectivity index (χ1) is 10.1. The van der Waals surface area contributed by atoms with E-state index in [0.717, 1.165) is 42.8 Å². The summed E-state index contributed by atoms with van der Waals surface area (Å²) in [5.74, 6) is 3.80. The third-order valence-corrected chi connectivity index (χ3v) is 4.45. The van der Waals surface area contributed by atoms with Crippen LogP contribution in [0.5, 0.6) is 0 Å². The Morgan fingerprint density at radius 1 is 1.29 bits per heavy atom. The van der Waals surface area contributed by atoms with Crippen LogP contribution in [0.1, 0.15) is 58.7 Å². The van der Waals surface area contributed by atoms with Crippen LogP contribution in [0.3, 0.4) is 0 Å². The minimum atomic E-state index is 0.618. The van der Waals surface area contributed by atoms with Crippen LogP contribution in [-0.2, 0) is 6.42 Å². The molecular formula is C17H30N4. The minimum Gasteiger partial charge on any atom is -0.370 e. The quantitative estimate of drug-likeness (QED) is 0.863. The maximum Gasteiger partial charge on any atom is 0.134 e. The summed E-state index contributed by atoms with van der Waals surface area (Å²) in [6, 6.07) is 2.72. The van der Waals surface area contributed by atoms with Crippen LogP contribution in [0.4, 0.5) is 11.6 Å². The second-order valence-corrected chi connectivity index (χ2v) is 6.34. The molecule has 0 aliphatic heterocycles. The Morgan fingerprint density at radius 3 is 2.76 bits per heavy atom. The monoisotopic (exact) mass is 290 g/mol. The molecule has 4 heteroatoms. The summed E-state index contributed by atoms with van der Waals surface area (Å²) < 4.78 is 0. The van der Waals surface area contributed by atoms with Gasteiger partial charge in [-0.3, -0.25) is 0 Å². The van der Waals surface area contributed by atoms with Crippen LogP contribution in [0.15, 0.2) is 6.07 Å². The van der Waals surface area contributed by atoms with Gasteiger partial charge in [0.15, 0.2) is 0 Å². The number of nitrogens with one attached hydrogen (secondary N) is 1. The van der Waals surface area contributed by atoms with Gasteiger partial charge in [-0.15, -0.1) is 0 Å². The maximum absolute atomic E-state index is 4.73. The molecule has 0 spiro atoms. The standard InChI is InChI=1S/C17H30N4/c1-5-10-18-16-12-17(20-15(6-2)19-16)21(4)14-9-7-8-13(3)11-14/h12-14H,5-11H2,1-4H3,(H,18,19,20). The lowest BCUT2D eigenvalue weighted by Gasteiger charge is -2.35. The van der Waals surface area contributed by atoms with Crippen LogP contribution in [0, 0.1) is 5.92 Å². The maximum atomic E-state index is 4.73. The number of rotatable bonds is 6. The Bertz CT molecular complexity index is 446. The van der Waals surface area contributed by atoms with Crippen molar-refractivity contribution in [3.05, 3.63) is 11.9 Å². The van der Waals surface area contributed by atoms with Crippen molar-refractivity contribution in [2.75, 3.05) is 23.8 Å². The molecule has 1 heterocycles. The van der Waals surface area contributed by atoms with Gasteiger partial charge in [-0.1, -0.05) is 33.6 Å². The molecular weight excluding hydrogens is 260 g/mol. The molecule has 1 saturated carbocycles. The highest BCUT2D eigenvalue weighted by atomic mass is 15.2. The van der Waals surface area contributed by atoms with Crippen LogP contribution < -0.4 is 10.2 Å². The van der Waals surface area contributed by atoms with Gasteiger partial charge in [0, 0.05) is 32.1 Å². The minimum absolute atomic E-state index is 0.618. The Balaban J connectivity index is 2.16. The second-order valence-electron chi connectivity index (χ2n) is 6.34. The van der Waals surface area contributed by atoms with E-state index in [4.69, 9.17) is 4.98 Å². The van der Waals surface area contributed by atoms with E-state index in [2.05, 4.69) is 49.1 Å². The van der Waals surface area contributed by atoms with Crippen molar-refractivity contribution in [1.29, 1.82) is 0 Å². The molecule has 0 bridgehead atoms. The molecule has 2 rings (SSSR count). The first-order valence-electron chi connectivity index (χ1n) is 8.48. The Labute approximate surface area is 129 Å². The molecule has 0 amide bonds. The molecule has 1 aromatic heterocycles. The zero-order valence-electron chi connectivity index (χ0n) is 14.0. The van der Waals surface area contributed by atoms with Crippen molar-refractivity contribution in [3.63, 3.8) is 0 Å². The summed E-state index contributed by atoms with van der Waals surface area (Å²) in [6.45, 7) is 7.62. The van der Waals surface area contributed by atoms with Gasteiger partial charge in [0.25, 0.3) is 0 Å². The third kappa shape index (κ3) is 4.32. The number of anilines is 2. The van der Waals surface area contributed by atoms with Crippen LogP contribution in [0.25, 0.3) is 0 Å². The van der Waals surface area contributed by atoms with E-state index in [-0.39, 0.29) is 0 Å². The molecule has 2 atom stereocenters. The Morgan fingerprint density at radius 2 is 2.10 bits per heavy atom. The molecule has 0 aromatic carbocycles. The van der Waals surface area contributed by atoms with Crippen molar-refractivity contribution >= 4 is 11.6 Å². The van der Waals surface area contributed by atoms with Gasteiger partial charge in [-0.2, -0.15) is 0 Å². The van der Waals surface area contributed by atoms with Gasteiger partial charge < -0.3 is 10.2 Å². The summed E-state index contributed by atoms with van der Waals surface area (Å²) in [5.41, 5.74) is 0. The normalized spacial score (nSPS) is 22.1. The van der Waals surface area contributed by atoms with Crippen molar-refractivity contribution < 1.29 is 0 Å². The van der Waals surface area contributed by atoms with Gasteiger partial charge in [0.2, 0.25) is 0 Å². The molecule has 2 unspecified atom stereocenters. The summed E-state index contributed by atoms with van der Waals surface area (Å²) >= 11 is 0. The molecule has 118 valence electrons. The van der Waals surface area contributed by atoms with Gasteiger partial charge in [-0.05, 0) is 25.2 Å². The molecule has 4 nitrogen and oxygen atoms in total. The smallest absolute Gasteiger partial charge is 0.134 e. The Kier molecular flexibility index (Phi) is 5.83. The molecule has 1 N–H and O–H groups in total. The van der Waals surface area contributed by atoms with E-state index in [9.17, 15) is 0 Å². The fourth-order valence-electron chi connectivity index (χ4n) is 3.11. The SMILES string of the molecule is CCCNc1cc(N(C)C2CCCC(C)C2)nc(CC)n1. The number of hydrogen-bond donors (Lipinski definition) is 1. The summed E-state index contributed by atoms with van der Waals surface area (Å²) in [6.07, 6.45) is 7.25. The number of aromatic nitrogens is 2. The van der Waals surface area contributed by atoms with Crippen molar-refractivity contribution in [1.82, 2.24) is 9.97 Å². The number of aryl methyl sites for hydroxylation is 1. The lowest BCUT2D eigenvalue weighted by molar-refractivity contribution is 0.335. The average Bonchev–Trinajstić information content (AvgIpc) is 2.51. The predicted molar refractivity (Wildman–Crippen MR) is 90.0 cm³/mol. The van der Waals surface area contributed by atoms with E-state index in [0.29, 0.717) is 6.04 Å². The largest absolute Gasteiger partial charge is 0.370 e. The highest BCUT2D eigenvalue weighted by molar-refractivity contribution is 5.49. The molecule has 21 heavy (non-hydrogen) atoms. The number of nitrogens with zero attached hydrogens (tertiary/aromatic N) is 3. The van der Waals surface area contributed by atoms with Crippen molar-refractivity contribution in [3.8, 4) is 0 Å². The summed E-state index contributed by atoms with van der Waals surface area (Å²) in [4.78, 5) is 11.7. The summed E-state index contributed by atoms with van der Waals surface area (Å²) in [7, 11) is 2.19. The van der Waals surface area contributed by atoms with Crippen LogP contribution in [-0.4, -0.2) is 29.6 Å². The van der Waals surface area contributed by atoms with Gasteiger partial charge in [0.05, 0.1) is 0 Å². The van der Waals surface area contributed by atoms with Gasteiger partial charge in [-0.25, -0.2) is 9.97 Å². The topological polar surface area (TPSA) is 41.0 Å². The molecule has 1 aromatic rings. The Hall–Kier alpha value is -1.32. The predicted octanol–water partition coefficient (Wildman–Crippen LogP) is 3.88. The summed E-state index contributed by atoms with van der Waals surface area (Å²) in [5, 5.41) is 3.40. The van der Waals surface area contributed by atoms with Crippen molar-refractivity contribution in [2.45, 2.75) is 65.3 Å². The first kappa shape index (κ1) is 16.1. The van der Waals surface area contributed by atoms with E-state index in [1.165, 1.54) is 25.7 Å². The fraction of sp³-hybridized carbons (Fsp3) is 0.765. The van der Waals surface area contributed by atoms with Crippen molar-refractivity contribution in [2.24, 2.45) is 5.92 Å². The van der Waals surface area contributed by atoms with E-state index >= 15 is 0 Å². The fourth-order valence-corrected chi connectivity index (χ4v) is 3.11. The molecule has 1 aliphatic carbocycles. The molecule has 0 saturated heterocycles. The van der Waals surface area contributed by atoms with Gasteiger partial charge >= 0.3 is 0 Å². The zero-order chi connectivity index (χ0) is 15.2. The average molecular weight is 290 g/mol. The first-order valence-corrected chi connectivity index (χ1v) is 8.48. The van der Waals surface area contributed by atoms with Crippen LogP contribution >= 0.6 is 0 Å². The third-order valence-electron chi connectivity index (χ3n) is 4.45. The van der Waals surface area contributed by atoms with Crippen LogP contribution in [0.2, 0.25) is 0 Å². The van der Waals surface area contributed by atoms with Gasteiger partial charge in [0.1, 0.15) is 17.5 Å². The molecule has 1 fully saturated rings. The highest BCUT2D eigenvalue weighted by Crippen LogP contribution is 2.29. The van der Waals surface area contributed by atoms with E-state index < -0.39 is 0 Å². The molecule has 0 radical (unpaired) electrons. The highest BCUT2D eigenvalue weighted by Gasteiger charge is 2.23.